The number of aromatic nitrogens is 2. The van der Waals surface area contributed by atoms with E-state index in [2.05, 4.69) is 21.8 Å². The molecule has 0 radical (unpaired) electrons. The molecule has 1 aromatic rings. The molecule has 4 heteroatoms. The summed E-state index contributed by atoms with van der Waals surface area (Å²) in [5, 5.41) is 3.53. The standard InChI is InChI=1S/C11H19N3O/c1-10(11-2-7-15-8-11)13-4-6-14-5-3-12-9-14/h3,5,9-11,13H,2,4,6-8H2,1H3. The highest BCUT2D eigenvalue weighted by Gasteiger charge is 2.21. The molecule has 1 fully saturated rings. The van der Waals surface area contributed by atoms with E-state index in [1.165, 1.54) is 6.42 Å². The first kappa shape index (κ1) is 10.6. The zero-order valence-corrected chi connectivity index (χ0v) is 9.22. The van der Waals surface area contributed by atoms with Gasteiger partial charge in [-0.25, -0.2) is 4.98 Å². The largest absolute Gasteiger partial charge is 0.381 e. The third-order valence-electron chi connectivity index (χ3n) is 3.07. The molecule has 84 valence electrons. The Kier molecular flexibility index (Phi) is 3.75. The summed E-state index contributed by atoms with van der Waals surface area (Å²) in [6.45, 7) is 6.07. The zero-order valence-electron chi connectivity index (χ0n) is 9.22. The van der Waals surface area contributed by atoms with Crippen LogP contribution in [0.25, 0.3) is 0 Å². The lowest BCUT2D eigenvalue weighted by molar-refractivity contribution is 0.178. The first-order valence-electron chi connectivity index (χ1n) is 5.63. The predicted molar refractivity (Wildman–Crippen MR) is 58.6 cm³/mol. The molecule has 0 bridgehead atoms. The SMILES string of the molecule is CC(NCCn1ccnc1)C1CCOC1. The second kappa shape index (κ2) is 5.28. The molecule has 0 spiro atoms. The molecule has 1 saturated heterocycles. The molecular weight excluding hydrogens is 190 g/mol. The number of hydrogen-bond acceptors (Lipinski definition) is 3. The van der Waals surface area contributed by atoms with Crippen molar-refractivity contribution in [2.75, 3.05) is 19.8 Å². The molecule has 1 aliphatic heterocycles. The molecule has 2 heterocycles. The summed E-state index contributed by atoms with van der Waals surface area (Å²) in [5.41, 5.74) is 0. The van der Waals surface area contributed by atoms with Gasteiger partial charge in [0.2, 0.25) is 0 Å². The van der Waals surface area contributed by atoms with Crippen LogP contribution in [0.3, 0.4) is 0 Å². The highest BCUT2D eigenvalue weighted by Crippen LogP contribution is 2.15. The van der Waals surface area contributed by atoms with E-state index in [1.807, 2.05) is 18.7 Å². The molecule has 2 atom stereocenters. The average molecular weight is 209 g/mol. The molecule has 2 unspecified atom stereocenters. The minimum atomic E-state index is 0.552. The Hall–Kier alpha value is -0.870. The summed E-state index contributed by atoms with van der Waals surface area (Å²) in [7, 11) is 0. The minimum absolute atomic E-state index is 0.552. The van der Waals surface area contributed by atoms with E-state index in [0.717, 1.165) is 26.3 Å². The van der Waals surface area contributed by atoms with Crippen LogP contribution in [0.5, 0.6) is 0 Å². The number of rotatable bonds is 5. The molecule has 1 N–H and O–H groups in total. The van der Waals surface area contributed by atoms with Gasteiger partial charge in [-0.3, -0.25) is 0 Å². The Balaban J connectivity index is 1.64. The molecule has 0 amide bonds. The predicted octanol–water partition coefficient (Wildman–Crippen LogP) is 0.898. The van der Waals surface area contributed by atoms with Crippen molar-refractivity contribution in [3.05, 3.63) is 18.7 Å². The van der Waals surface area contributed by atoms with Crippen LogP contribution < -0.4 is 5.32 Å². The first-order valence-corrected chi connectivity index (χ1v) is 5.63. The molecule has 0 aliphatic carbocycles. The van der Waals surface area contributed by atoms with Gasteiger partial charge in [-0.05, 0) is 19.3 Å². The van der Waals surface area contributed by atoms with E-state index < -0.39 is 0 Å². The molecule has 0 aromatic carbocycles. The van der Waals surface area contributed by atoms with Crippen LogP contribution in [-0.4, -0.2) is 35.4 Å². The monoisotopic (exact) mass is 209 g/mol. The highest BCUT2D eigenvalue weighted by molar-refractivity contribution is 4.77. The molecule has 2 rings (SSSR count). The second-order valence-corrected chi connectivity index (χ2v) is 4.17. The minimum Gasteiger partial charge on any atom is -0.381 e. The third kappa shape index (κ3) is 3.04. The van der Waals surface area contributed by atoms with Gasteiger partial charge in [0.25, 0.3) is 0 Å². The zero-order chi connectivity index (χ0) is 10.5. The quantitative estimate of drug-likeness (QED) is 0.783. The van der Waals surface area contributed by atoms with Gasteiger partial charge in [0.1, 0.15) is 0 Å². The van der Waals surface area contributed by atoms with Crippen LogP contribution in [0, 0.1) is 5.92 Å². The van der Waals surface area contributed by atoms with E-state index in [0.29, 0.717) is 12.0 Å². The Morgan fingerprint density at radius 3 is 3.27 bits per heavy atom. The first-order chi connectivity index (χ1) is 7.36. The lowest BCUT2D eigenvalue weighted by atomic mass is 10.0. The fourth-order valence-electron chi connectivity index (χ4n) is 1.95. The van der Waals surface area contributed by atoms with Crippen molar-refractivity contribution in [2.45, 2.75) is 25.9 Å². The van der Waals surface area contributed by atoms with Crippen molar-refractivity contribution >= 4 is 0 Å². The summed E-state index contributed by atoms with van der Waals surface area (Å²) in [6, 6.07) is 0.552. The number of hydrogen-bond donors (Lipinski definition) is 1. The van der Waals surface area contributed by atoms with Crippen molar-refractivity contribution in [3.63, 3.8) is 0 Å². The van der Waals surface area contributed by atoms with Crippen LogP contribution >= 0.6 is 0 Å². The van der Waals surface area contributed by atoms with E-state index >= 15 is 0 Å². The van der Waals surface area contributed by atoms with Gasteiger partial charge < -0.3 is 14.6 Å². The second-order valence-electron chi connectivity index (χ2n) is 4.17. The molecular formula is C11H19N3O. The van der Waals surface area contributed by atoms with Crippen molar-refractivity contribution in [2.24, 2.45) is 5.92 Å². The van der Waals surface area contributed by atoms with Crippen LogP contribution in [0.1, 0.15) is 13.3 Å². The Morgan fingerprint density at radius 2 is 2.60 bits per heavy atom. The third-order valence-corrected chi connectivity index (χ3v) is 3.07. The molecule has 1 aromatic heterocycles. The van der Waals surface area contributed by atoms with Crippen molar-refractivity contribution in [3.8, 4) is 0 Å². The topological polar surface area (TPSA) is 39.1 Å². The fraction of sp³-hybridized carbons (Fsp3) is 0.727. The normalized spacial score (nSPS) is 23.1. The van der Waals surface area contributed by atoms with Crippen molar-refractivity contribution in [1.29, 1.82) is 0 Å². The Bertz CT molecular complexity index is 267. The van der Waals surface area contributed by atoms with E-state index in [4.69, 9.17) is 4.74 Å². The summed E-state index contributed by atoms with van der Waals surface area (Å²) >= 11 is 0. The maximum Gasteiger partial charge on any atom is 0.0946 e. The van der Waals surface area contributed by atoms with Crippen LogP contribution in [0.2, 0.25) is 0 Å². The number of nitrogens with zero attached hydrogens (tertiary/aromatic N) is 2. The van der Waals surface area contributed by atoms with E-state index in [-0.39, 0.29) is 0 Å². The molecule has 0 saturated carbocycles. The number of nitrogens with one attached hydrogen (secondary N) is 1. The summed E-state index contributed by atoms with van der Waals surface area (Å²) < 4.78 is 7.46. The van der Waals surface area contributed by atoms with Gasteiger partial charge >= 0.3 is 0 Å². The van der Waals surface area contributed by atoms with Gasteiger partial charge in [0.15, 0.2) is 0 Å². The van der Waals surface area contributed by atoms with E-state index in [1.54, 1.807) is 0 Å². The van der Waals surface area contributed by atoms with Crippen LogP contribution in [-0.2, 0) is 11.3 Å². The van der Waals surface area contributed by atoms with Crippen LogP contribution in [0.4, 0.5) is 0 Å². The highest BCUT2D eigenvalue weighted by atomic mass is 16.5. The van der Waals surface area contributed by atoms with Gasteiger partial charge in [-0.15, -0.1) is 0 Å². The fourth-order valence-corrected chi connectivity index (χ4v) is 1.95. The molecule has 4 nitrogen and oxygen atoms in total. The van der Waals surface area contributed by atoms with Crippen LogP contribution in [0.15, 0.2) is 18.7 Å². The van der Waals surface area contributed by atoms with E-state index in [9.17, 15) is 0 Å². The smallest absolute Gasteiger partial charge is 0.0946 e. The van der Waals surface area contributed by atoms with Crippen molar-refractivity contribution < 1.29 is 4.74 Å². The summed E-state index contributed by atoms with van der Waals surface area (Å²) in [5.74, 6) is 0.688. The summed E-state index contributed by atoms with van der Waals surface area (Å²) in [6.07, 6.45) is 6.85. The lowest BCUT2D eigenvalue weighted by Crippen LogP contribution is -2.35. The maximum atomic E-state index is 5.38. The lowest BCUT2D eigenvalue weighted by Gasteiger charge is -2.19. The molecule has 1 aliphatic rings. The Labute approximate surface area is 90.6 Å². The Morgan fingerprint density at radius 1 is 1.67 bits per heavy atom. The number of ether oxygens (including phenoxy) is 1. The maximum absolute atomic E-state index is 5.38. The van der Waals surface area contributed by atoms with Gasteiger partial charge in [-0.1, -0.05) is 0 Å². The van der Waals surface area contributed by atoms with Gasteiger partial charge in [-0.2, -0.15) is 0 Å². The van der Waals surface area contributed by atoms with Gasteiger partial charge in [0.05, 0.1) is 12.9 Å². The van der Waals surface area contributed by atoms with Crippen molar-refractivity contribution in [1.82, 2.24) is 14.9 Å². The molecule has 15 heavy (non-hydrogen) atoms. The van der Waals surface area contributed by atoms with Gasteiger partial charge in [0, 0.05) is 38.1 Å². The average Bonchev–Trinajstić information content (AvgIpc) is 2.90. The number of imidazole rings is 1. The summed E-state index contributed by atoms with van der Waals surface area (Å²) in [4.78, 5) is 4.01.